The summed E-state index contributed by atoms with van der Waals surface area (Å²) in [6.45, 7) is 1.11. The van der Waals surface area contributed by atoms with E-state index in [0.717, 1.165) is 17.9 Å². The molecule has 0 saturated carbocycles. The molecular formula is C17H17N6O3+. The molecule has 1 aromatic heterocycles. The molecule has 4 N–H and O–H groups in total. The molecule has 1 saturated heterocycles. The van der Waals surface area contributed by atoms with Crippen molar-refractivity contribution in [1.82, 2.24) is 15.4 Å². The summed E-state index contributed by atoms with van der Waals surface area (Å²) in [6.07, 6.45) is 3.79. The number of nitrogens with zero attached hydrogens (tertiary/aromatic N) is 4. The first-order chi connectivity index (χ1) is 12.7. The number of nitrogens with two attached hydrogens (primary N) is 1. The quantitative estimate of drug-likeness (QED) is 0.238. The maximum atomic E-state index is 11.3. The Bertz CT molecular complexity index is 919. The van der Waals surface area contributed by atoms with Crippen LogP contribution in [-0.2, 0) is 4.74 Å². The number of hydrogen-bond donors (Lipinski definition) is 3. The molecule has 26 heavy (non-hydrogen) atoms. The fourth-order valence-corrected chi connectivity index (χ4v) is 3.21. The molecule has 1 spiro atoms. The number of aromatic carboxylic acids is 1. The number of benzene rings is 1. The number of aromatic nitrogens is 2. The van der Waals surface area contributed by atoms with Crippen LogP contribution in [0.5, 0.6) is 0 Å². The largest absolute Gasteiger partial charge is 0.478 e. The van der Waals surface area contributed by atoms with Gasteiger partial charge in [-0.2, -0.15) is 0 Å². The van der Waals surface area contributed by atoms with Gasteiger partial charge in [-0.25, -0.2) is 25.2 Å². The van der Waals surface area contributed by atoms with Crippen molar-refractivity contribution in [3.05, 3.63) is 54.1 Å². The van der Waals surface area contributed by atoms with Gasteiger partial charge in [0, 0.05) is 12.6 Å². The van der Waals surface area contributed by atoms with E-state index in [-0.39, 0.29) is 11.1 Å². The maximum Gasteiger partial charge on any atom is 0.353 e. The van der Waals surface area contributed by atoms with Crippen LogP contribution in [0.4, 0.5) is 5.69 Å². The zero-order valence-corrected chi connectivity index (χ0v) is 13.8. The highest BCUT2D eigenvalue weighted by Gasteiger charge is 2.67. The molecule has 9 nitrogen and oxygen atoms in total. The fraction of sp³-hybridized carbons (Fsp3) is 0.235. The van der Waals surface area contributed by atoms with Crippen LogP contribution in [0.3, 0.4) is 0 Å². The van der Waals surface area contributed by atoms with Gasteiger partial charge in [0.1, 0.15) is 24.3 Å². The number of rotatable bonds is 3. The zero-order chi connectivity index (χ0) is 18.1. The fourth-order valence-electron chi connectivity index (χ4n) is 3.21. The first-order valence-electron chi connectivity index (χ1n) is 8.06. The standard InChI is InChI=1S/C17H16N6O3/c18-22-14(13-4-6-19-10-20-13)21-16-17(5-7-26-9-17)23(16)12-3-1-2-11(8-12)15(24)25/h1-4,6,8,10H,5,7,9H2,(H3,18,19,20,24,25)/p+1. The van der Waals surface area contributed by atoms with Crippen LogP contribution in [0.25, 0.3) is 0 Å². The normalized spacial score (nSPS) is 22.0. The smallest absolute Gasteiger partial charge is 0.353 e. The number of carbonyl (C=O) groups is 1. The number of hydrazine groups is 1. The van der Waals surface area contributed by atoms with Crippen molar-refractivity contribution in [2.75, 3.05) is 13.2 Å². The van der Waals surface area contributed by atoms with Crippen molar-refractivity contribution in [2.45, 2.75) is 12.0 Å². The summed E-state index contributed by atoms with van der Waals surface area (Å²) in [5.41, 5.74) is 3.75. The Morgan fingerprint density at radius 3 is 2.96 bits per heavy atom. The molecule has 3 heterocycles. The third-order valence-corrected chi connectivity index (χ3v) is 4.54. The molecule has 1 unspecified atom stereocenters. The molecule has 132 valence electrons. The lowest BCUT2D eigenvalue weighted by Crippen LogP contribution is -2.33. The van der Waals surface area contributed by atoms with E-state index in [9.17, 15) is 9.90 Å². The second-order valence-electron chi connectivity index (χ2n) is 6.05. The van der Waals surface area contributed by atoms with Gasteiger partial charge in [0.15, 0.2) is 0 Å². The summed E-state index contributed by atoms with van der Waals surface area (Å²) in [5.74, 6) is 5.84. The van der Waals surface area contributed by atoms with Crippen LogP contribution in [0.15, 0.2) is 47.8 Å². The van der Waals surface area contributed by atoms with Gasteiger partial charge in [0.25, 0.3) is 5.84 Å². The Kier molecular flexibility index (Phi) is 3.94. The molecular weight excluding hydrogens is 336 g/mol. The van der Waals surface area contributed by atoms with Gasteiger partial charge in [-0.15, -0.1) is 0 Å². The first kappa shape index (κ1) is 16.3. The monoisotopic (exact) mass is 353 g/mol. The molecule has 2 aliphatic heterocycles. The molecule has 1 aromatic carbocycles. The van der Waals surface area contributed by atoms with Crippen molar-refractivity contribution >= 4 is 23.3 Å². The summed E-state index contributed by atoms with van der Waals surface area (Å²) in [6, 6.07) is 8.47. The molecule has 0 radical (unpaired) electrons. The van der Waals surface area contributed by atoms with Crippen molar-refractivity contribution in [3.63, 3.8) is 0 Å². The van der Waals surface area contributed by atoms with Gasteiger partial charge in [0.2, 0.25) is 5.54 Å². The van der Waals surface area contributed by atoms with E-state index in [2.05, 4.69) is 20.4 Å². The lowest BCUT2D eigenvalue weighted by atomic mass is 10.1. The molecule has 2 aliphatic rings. The number of amidine groups is 2. The van der Waals surface area contributed by atoms with Crippen LogP contribution in [0, 0.1) is 0 Å². The minimum absolute atomic E-state index is 0.222. The highest BCUT2D eigenvalue weighted by molar-refractivity contribution is 6.09. The average Bonchev–Trinajstić information content (AvgIpc) is 3.00. The number of carboxylic acids is 1. The van der Waals surface area contributed by atoms with E-state index in [0.29, 0.717) is 24.7 Å². The van der Waals surface area contributed by atoms with E-state index in [1.54, 1.807) is 30.5 Å². The van der Waals surface area contributed by atoms with Gasteiger partial charge < -0.3 is 9.84 Å². The topological polar surface area (TPSA) is 126 Å². The second kappa shape index (κ2) is 6.28. The molecule has 0 aliphatic carbocycles. The minimum atomic E-state index is -0.972. The molecule has 2 aromatic rings. The number of carboxylic acid groups (broad SMARTS) is 1. The summed E-state index contributed by atoms with van der Waals surface area (Å²) >= 11 is 0. The van der Waals surface area contributed by atoms with Crippen LogP contribution < -0.4 is 11.3 Å². The number of hydrogen-bond acceptors (Lipinski definition) is 6. The predicted molar refractivity (Wildman–Crippen MR) is 92.4 cm³/mol. The summed E-state index contributed by atoms with van der Waals surface area (Å²) in [7, 11) is 0. The second-order valence-corrected chi connectivity index (χ2v) is 6.05. The Balaban J connectivity index is 1.78. The van der Waals surface area contributed by atoms with Crippen LogP contribution in [-0.4, -0.2) is 56.0 Å². The van der Waals surface area contributed by atoms with Crippen molar-refractivity contribution in [2.24, 2.45) is 10.8 Å². The van der Waals surface area contributed by atoms with Gasteiger partial charge in [0.05, 0.1) is 12.2 Å². The maximum absolute atomic E-state index is 11.3. The summed E-state index contributed by atoms with van der Waals surface area (Å²) in [4.78, 5) is 24.0. The molecule has 0 bridgehead atoms. The summed E-state index contributed by atoms with van der Waals surface area (Å²) in [5, 5.41) is 9.25. The molecule has 0 amide bonds. The van der Waals surface area contributed by atoms with Gasteiger partial charge >= 0.3 is 11.8 Å². The van der Waals surface area contributed by atoms with Crippen LogP contribution in [0.1, 0.15) is 22.5 Å². The van der Waals surface area contributed by atoms with Gasteiger partial charge in [-0.3, -0.25) is 5.43 Å². The van der Waals surface area contributed by atoms with E-state index in [1.807, 2.05) is 10.6 Å². The third-order valence-electron chi connectivity index (χ3n) is 4.54. The highest BCUT2D eigenvalue weighted by atomic mass is 16.5. The van der Waals surface area contributed by atoms with E-state index >= 15 is 0 Å². The average molecular weight is 353 g/mol. The molecule has 1 atom stereocenters. The molecule has 9 heteroatoms. The molecule has 1 fully saturated rings. The lowest BCUT2D eigenvalue weighted by Gasteiger charge is -2.03. The highest BCUT2D eigenvalue weighted by Crippen LogP contribution is 2.42. The molecule has 4 rings (SSSR count). The Morgan fingerprint density at radius 2 is 2.31 bits per heavy atom. The van der Waals surface area contributed by atoms with E-state index in [4.69, 9.17) is 10.6 Å². The van der Waals surface area contributed by atoms with Crippen LogP contribution in [0.2, 0.25) is 0 Å². The SMILES string of the molecule is NNC(=NC1=[N+](c2cccc(C(=O)O)c2)C12CCOC2)c1ccncn1. The predicted octanol–water partition coefficient (Wildman–Crippen LogP) is 0.300. The summed E-state index contributed by atoms with van der Waals surface area (Å²) < 4.78 is 7.57. The Labute approximate surface area is 148 Å². The zero-order valence-electron chi connectivity index (χ0n) is 13.8. The van der Waals surface area contributed by atoms with Crippen molar-refractivity contribution in [3.8, 4) is 0 Å². The third kappa shape index (κ3) is 2.63. The number of nitrogens with one attached hydrogen (secondary N) is 1. The minimum Gasteiger partial charge on any atom is -0.478 e. The number of aliphatic imine (C=N–C) groups is 1. The van der Waals surface area contributed by atoms with Crippen LogP contribution >= 0.6 is 0 Å². The van der Waals surface area contributed by atoms with Crippen molar-refractivity contribution in [1.29, 1.82) is 0 Å². The van der Waals surface area contributed by atoms with E-state index < -0.39 is 5.97 Å². The Hall–Kier alpha value is -3.17. The van der Waals surface area contributed by atoms with Crippen molar-refractivity contribution < 1.29 is 19.2 Å². The lowest BCUT2D eigenvalue weighted by molar-refractivity contribution is -0.417. The Morgan fingerprint density at radius 1 is 1.42 bits per heavy atom. The first-order valence-corrected chi connectivity index (χ1v) is 8.06. The van der Waals surface area contributed by atoms with E-state index in [1.165, 1.54) is 6.33 Å². The van der Waals surface area contributed by atoms with Gasteiger partial charge in [-0.05, 0) is 29.3 Å². The number of ether oxygens (including phenoxy) is 1. The van der Waals surface area contributed by atoms with Gasteiger partial charge in [-0.1, -0.05) is 6.07 Å².